The molecule has 0 saturated heterocycles. The lowest BCUT2D eigenvalue weighted by Gasteiger charge is -2.23. The minimum absolute atomic E-state index is 0.0537. The van der Waals surface area contributed by atoms with Crippen LogP contribution in [0, 0.1) is 0 Å². The first-order valence-corrected chi connectivity index (χ1v) is 7.28. The molecule has 0 aliphatic carbocycles. The topological polar surface area (TPSA) is 12.0 Å². The second-order valence-electron chi connectivity index (χ2n) is 5.09. The predicted octanol–water partition coefficient (Wildman–Crippen LogP) is 5.50. The summed E-state index contributed by atoms with van der Waals surface area (Å²) in [7, 11) is 0. The van der Waals surface area contributed by atoms with Crippen LogP contribution in [0.15, 0.2) is 24.3 Å². The summed E-state index contributed by atoms with van der Waals surface area (Å²) in [6.45, 7) is 3.98. The number of hydrogen-bond donors (Lipinski definition) is 1. The van der Waals surface area contributed by atoms with E-state index < -0.39 is 12.6 Å². The quantitative estimate of drug-likeness (QED) is 0.701. The Labute approximate surface area is 123 Å². The molecule has 0 heterocycles. The monoisotopic (exact) mass is 307 g/mol. The molecule has 0 spiro atoms. The first-order chi connectivity index (χ1) is 9.31. The van der Waals surface area contributed by atoms with Gasteiger partial charge >= 0.3 is 6.18 Å². The van der Waals surface area contributed by atoms with Crippen molar-refractivity contribution < 1.29 is 13.2 Å². The Morgan fingerprint density at radius 1 is 1.20 bits per heavy atom. The molecule has 5 heteroatoms. The van der Waals surface area contributed by atoms with Crippen LogP contribution in [0.1, 0.15) is 51.1 Å². The van der Waals surface area contributed by atoms with E-state index >= 15 is 0 Å². The van der Waals surface area contributed by atoms with Crippen LogP contribution in [0.5, 0.6) is 0 Å². The first kappa shape index (κ1) is 17.3. The highest BCUT2D eigenvalue weighted by Gasteiger charge is 2.26. The van der Waals surface area contributed by atoms with Crippen molar-refractivity contribution in [2.24, 2.45) is 0 Å². The molecule has 0 radical (unpaired) electrons. The molecule has 0 saturated carbocycles. The van der Waals surface area contributed by atoms with Crippen LogP contribution < -0.4 is 5.32 Å². The summed E-state index contributed by atoms with van der Waals surface area (Å²) in [6, 6.07) is 7.76. The molecule has 0 aliphatic rings. The predicted molar refractivity (Wildman–Crippen MR) is 77.0 cm³/mol. The van der Waals surface area contributed by atoms with Crippen molar-refractivity contribution in [3.8, 4) is 0 Å². The van der Waals surface area contributed by atoms with Crippen molar-refractivity contribution in [1.29, 1.82) is 0 Å². The molecule has 1 aromatic carbocycles. The summed E-state index contributed by atoms with van der Waals surface area (Å²) in [5.41, 5.74) is 1.11. The first-order valence-electron chi connectivity index (χ1n) is 6.90. The van der Waals surface area contributed by atoms with E-state index in [1.54, 1.807) is 0 Å². The van der Waals surface area contributed by atoms with Crippen molar-refractivity contribution in [2.45, 2.75) is 57.8 Å². The van der Waals surface area contributed by atoms with Gasteiger partial charge in [-0.15, -0.1) is 0 Å². The molecule has 0 aliphatic heterocycles. The van der Waals surface area contributed by atoms with Crippen LogP contribution >= 0.6 is 11.6 Å². The number of halogens is 4. The highest BCUT2D eigenvalue weighted by atomic mass is 35.5. The Hall–Kier alpha value is -0.740. The van der Waals surface area contributed by atoms with Gasteiger partial charge in [-0.05, 0) is 43.9 Å². The molecular weight excluding hydrogens is 287 g/mol. The zero-order valence-electron chi connectivity index (χ0n) is 11.8. The average Bonchev–Trinajstić information content (AvgIpc) is 2.35. The molecule has 1 N–H and O–H groups in total. The van der Waals surface area contributed by atoms with Gasteiger partial charge in [0, 0.05) is 23.5 Å². The minimum atomic E-state index is -4.06. The molecule has 0 fully saturated rings. The molecule has 20 heavy (non-hydrogen) atoms. The second kappa shape index (κ2) is 7.89. The fourth-order valence-electron chi connectivity index (χ4n) is 2.18. The molecule has 114 valence electrons. The molecule has 2 atom stereocenters. The van der Waals surface area contributed by atoms with E-state index in [9.17, 15) is 13.2 Å². The van der Waals surface area contributed by atoms with Crippen LogP contribution in [0.25, 0.3) is 0 Å². The average molecular weight is 308 g/mol. The molecule has 1 aromatic rings. The largest absolute Gasteiger partial charge is 0.389 e. The molecule has 0 amide bonds. The van der Waals surface area contributed by atoms with Crippen molar-refractivity contribution in [3.05, 3.63) is 34.9 Å². The fourth-order valence-corrected chi connectivity index (χ4v) is 2.31. The Morgan fingerprint density at radius 2 is 1.80 bits per heavy atom. The third-order valence-corrected chi connectivity index (χ3v) is 3.52. The molecule has 2 unspecified atom stereocenters. The second-order valence-corrected chi connectivity index (χ2v) is 5.52. The lowest BCUT2D eigenvalue weighted by atomic mass is 10.0. The minimum Gasteiger partial charge on any atom is -0.307 e. The number of rotatable bonds is 7. The number of benzene rings is 1. The van der Waals surface area contributed by atoms with E-state index in [1.807, 2.05) is 31.2 Å². The number of nitrogens with one attached hydrogen (secondary N) is 1. The normalized spacial score (nSPS) is 15.1. The summed E-state index contributed by atoms with van der Waals surface area (Å²) >= 11 is 5.85. The van der Waals surface area contributed by atoms with Gasteiger partial charge in [0.15, 0.2) is 0 Å². The van der Waals surface area contributed by atoms with Crippen molar-refractivity contribution in [3.63, 3.8) is 0 Å². The van der Waals surface area contributed by atoms with E-state index in [4.69, 9.17) is 11.6 Å². The van der Waals surface area contributed by atoms with E-state index in [2.05, 4.69) is 12.2 Å². The van der Waals surface area contributed by atoms with Crippen molar-refractivity contribution in [2.75, 3.05) is 0 Å². The highest BCUT2D eigenvalue weighted by Crippen LogP contribution is 2.24. The van der Waals surface area contributed by atoms with Crippen LogP contribution in [0.2, 0.25) is 5.02 Å². The van der Waals surface area contributed by atoms with Crippen LogP contribution in [-0.4, -0.2) is 12.2 Å². The van der Waals surface area contributed by atoms with Crippen molar-refractivity contribution in [1.82, 2.24) is 5.32 Å². The van der Waals surface area contributed by atoms with Gasteiger partial charge in [-0.1, -0.05) is 30.7 Å². The van der Waals surface area contributed by atoms with Gasteiger partial charge in [-0.3, -0.25) is 0 Å². The summed E-state index contributed by atoms with van der Waals surface area (Å²) in [5.74, 6) is 0. The number of alkyl halides is 3. The Morgan fingerprint density at radius 3 is 2.30 bits per heavy atom. The summed E-state index contributed by atoms with van der Waals surface area (Å²) in [5, 5.41) is 4.06. The highest BCUT2D eigenvalue weighted by molar-refractivity contribution is 6.30. The van der Waals surface area contributed by atoms with Gasteiger partial charge in [0.1, 0.15) is 0 Å². The maximum Gasteiger partial charge on any atom is 0.389 e. The smallest absolute Gasteiger partial charge is 0.307 e. The fraction of sp³-hybridized carbons (Fsp3) is 0.600. The molecule has 0 aromatic heterocycles. The summed E-state index contributed by atoms with van der Waals surface area (Å²) in [6.07, 6.45) is -3.21. The van der Waals surface area contributed by atoms with Crippen LogP contribution in [0.4, 0.5) is 13.2 Å². The standard InChI is InChI=1S/C15H21ClF3N/c1-3-14(12-6-8-13(16)9-7-12)20-11(2)5-4-10-15(17,18)19/h6-9,11,14,20H,3-5,10H2,1-2H3. The summed E-state index contributed by atoms with van der Waals surface area (Å²) in [4.78, 5) is 0. The maximum absolute atomic E-state index is 12.1. The van der Waals surface area contributed by atoms with Crippen molar-refractivity contribution >= 4 is 11.6 Å². The molecule has 1 nitrogen and oxygen atoms in total. The molecule has 0 bridgehead atoms. The SMILES string of the molecule is CCC(NC(C)CCCC(F)(F)F)c1ccc(Cl)cc1. The van der Waals surface area contributed by atoms with E-state index in [-0.39, 0.29) is 18.5 Å². The lowest BCUT2D eigenvalue weighted by Crippen LogP contribution is -2.30. The van der Waals surface area contributed by atoms with Gasteiger partial charge in [0.25, 0.3) is 0 Å². The third-order valence-electron chi connectivity index (χ3n) is 3.26. The van der Waals surface area contributed by atoms with Gasteiger partial charge < -0.3 is 5.32 Å². The Kier molecular flexibility index (Phi) is 6.83. The molecule has 1 rings (SSSR count). The maximum atomic E-state index is 12.1. The van der Waals surface area contributed by atoms with E-state index in [0.29, 0.717) is 11.4 Å². The Balaban J connectivity index is 2.45. The van der Waals surface area contributed by atoms with Gasteiger partial charge in [0.05, 0.1) is 0 Å². The van der Waals surface area contributed by atoms with Gasteiger partial charge in [0.2, 0.25) is 0 Å². The lowest BCUT2D eigenvalue weighted by molar-refractivity contribution is -0.135. The number of hydrogen-bond acceptors (Lipinski definition) is 1. The zero-order chi connectivity index (χ0) is 15.2. The Bertz CT molecular complexity index is 389. The van der Waals surface area contributed by atoms with Crippen LogP contribution in [0.3, 0.4) is 0 Å². The summed E-state index contributed by atoms with van der Waals surface area (Å²) < 4.78 is 36.3. The van der Waals surface area contributed by atoms with E-state index in [1.165, 1.54) is 0 Å². The van der Waals surface area contributed by atoms with Gasteiger partial charge in [-0.2, -0.15) is 13.2 Å². The van der Waals surface area contributed by atoms with Gasteiger partial charge in [-0.25, -0.2) is 0 Å². The van der Waals surface area contributed by atoms with Crippen LogP contribution in [-0.2, 0) is 0 Å². The van der Waals surface area contributed by atoms with E-state index in [0.717, 1.165) is 12.0 Å². The molecular formula is C15H21ClF3N. The third kappa shape index (κ3) is 6.62. The zero-order valence-corrected chi connectivity index (χ0v) is 12.6.